The zero-order valence-electron chi connectivity index (χ0n) is 14.6. The fourth-order valence-corrected chi connectivity index (χ4v) is 3.70. The number of benzene rings is 1. The largest absolute Gasteiger partial charge is 0.508 e. The second-order valence-electron chi connectivity index (χ2n) is 6.59. The molecule has 2 aromatic rings. The van der Waals surface area contributed by atoms with Gasteiger partial charge in [-0.1, -0.05) is 24.3 Å². The van der Waals surface area contributed by atoms with Crippen LogP contribution < -0.4 is 5.32 Å². The van der Waals surface area contributed by atoms with Crippen LogP contribution in [0.3, 0.4) is 0 Å². The molecule has 1 aliphatic rings. The Morgan fingerprint density at radius 2 is 2.00 bits per heavy atom. The van der Waals surface area contributed by atoms with Gasteiger partial charge in [0.1, 0.15) is 17.0 Å². The van der Waals surface area contributed by atoms with E-state index in [1.807, 2.05) is 12.1 Å². The standard InChI is InChI=1S/C20H22N2O4/c1-26-19(25)20(22-18(24)16-9-4-5-12-21-16)11-6-7-14(13-20)15-8-2-3-10-17(15)23/h2-5,8-10,12,14,23H,6-7,11,13H2,1H3,(H,22,24)/t14-,20-/m0/s1. The second-order valence-corrected chi connectivity index (χ2v) is 6.59. The van der Waals surface area contributed by atoms with Gasteiger partial charge in [0.2, 0.25) is 0 Å². The minimum Gasteiger partial charge on any atom is -0.508 e. The van der Waals surface area contributed by atoms with Gasteiger partial charge in [-0.25, -0.2) is 4.79 Å². The summed E-state index contributed by atoms with van der Waals surface area (Å²) in [7, 11) is 1.32. The molecule has 136 valence electrons. The number of nitrogens with zero attached hydrogens (tertiary/aromatic N) is 1. The summed E-state index contributed by atoms with van der Waals surface area (Å²) in [6.07, 6.45) is 3.95. The molecule has 6 heteroatoms. The average Bonchev–Trinajstić information content (AvgIpc) is 2.68. The van der Waals surface area contributed by atoms with Crippen molar-refractivity contribution in [1.82, 2.24) is 10.3 Å². The van der Waals surface area contributed by atoms with E-state index in [-0.39, 0.29) is 17.4 Å². The van der Waals surface area contributed by atoms with Gasteiger partial charge in [0.25, 0.3) is 5.91 Å². The van der Waals surface area contributed by atoms with Crippen LogP contribution >= 0.6 is 0 Å². The molecule has 0 unspecified atom stereocenters. The number of phenolic OH excluding ortho intramolecular Hbond substituents is 1. The van der Waals surface area contributed by atoms with E-state index in [9.17, 15) is 14.7 Å². The minimum atomic E-state index is -1.13. The summed E-state index contributed by atoms with van der Waals surface area (Å²) in [6, 6.07) is 12.2. The summed E-state index contributed by atoms with van der Waals surface area (Å²) < 4.78 is 5.01. The molecule has 1 heterocycles. The summed E-state index contributed by atoms with van der Waals surface area (Å²) in [6.45, 7) is 0. The number of rotatable bonds is 4. The lowest BCUT2D eigenvalue weighted by Gasteiger charge is -2.39. The van der Waals surface area contributed by atoms with Gasteiger partial charge in [-0.2, -0.15) is 0 Å². The number of phenols is 1. The lowest BCUT2D eigenvalue weighted by Crippen LogP contribution is -2.57. The average molecular weight is 354 g/mol. The highest BCUT2D eigenvalue weighted by Gasteiger charge is 2.46. The van der Waals surface area contributed by atoms with Crippen LogP contribution in [-0.4, -0.2) is 34.6 Å². The van der Waals surface area contributed by atoms with Gasteiger partial charge in [-0.15, -0.1) is 0 Å². The molecule has 0 spiro atoms. The Kier molecular flexibility index (Phi) is 5.21. The Labute approximate surface area is 152 Å². The molecule has 1 aromatic heterocycles. The van der Waals surface area contributed by atoms with E-state index in [0.717, 1.165) is 18.4 Å². The van der Waals surface area contributed by atoms with E-state index >= 15 is 0 Å². The van der Waals surface area contributed by atoms with Gasteiger partial charge in [0.05, 0.1) is 7.11 Å². The second kappa shape index (κ2) is 7.56. The predicted octanol–water partition coefficient (Wildman–Crippen LogP) is 2.79. The topological polar surface area (TPSA) is 88.5 Å². The van der Waals surface area contributed by atoms with Crippen molar-refractivity contribution in [3.63, 3.8) is 0 Å². The Morgan fingerprint density at radius 1 is 1.23 bits per heavy atom. The van der Waals surface area contributed by atoms with Crippen molar-refractivity contribution in [2.24, 2.45) is 0 Å². The van der Waals surface area contributed by atoms with Crippen LogP contribution in [0, 0.1) is 0 Å². The van der Waals surface area contributed by atoms with Crippen molar-refractivity contribution in [3.8, 4) is 5.75 Å². The normalized spacial score (nSPS) is 22.4. The molecule has 0 radical (unpaired) electrons. The fraction of sp³-hybridized carbons (Fsp3) is 0.350. The van der Waals surface area contributed by atoms with Crippen molar-refractivity contribution >= 4 is 11.9 Å². The van der Waals surface area contributed by atoms with Gasteiger partial charge < -0.3 is 15.2 Å². The third-order valence-corrected chi connectivity index (χ3v) is 4.95. The summed E-state index contributed by atoms with van der Waals surface area (Å²) >= 11 is 0. The maximum atomic E-state index is 12.6. The molecular weight excluding hydrogens is 332 g/mol. The number of carbonyl (C=O) groups excluding carboxylic acids is 2. The van der Waals surface area contributed by atoms with E-state index in [4.69, 9.17) is 4.74 Å². The van der Waals surface area contributed by atoms with Crippen LogP contribution in [0.2, 0.25) is 0 Å². The van der Waals surface area contributed by atoms with Crippen molar-refractivity contribution in [1.29, 1.82) is 0 Å². The van der Waals surface area contributed by atoms with Crippen LogP contribution in [0.5, 0.6) is 5.75 Å². The first-order valence-electron chi connectivity index (χ1n) is 8.65. The number of ether oxygens (including phenoxy) is 1. The number of carbonyl (C=O) groups is 2. The van der Waals surface area contributed by atoms with Crippen LogP contribution in [0.1, 0.15) is 47.7 Å². The molecular formula is C20H22N2O4. The monoisotopic (exact) mass is 354 g/mol. The maximum Gasteiger partial charge on any atom is 0.331 e. The molecule has 0 bridgehead atoms. The highest BCUT2D eigenvalue weighted by Crippen LogP contribution is 2.42. The number of aromatic hydroxyl groups is 1. The third-order valence-electron chi connectivity index (χ3n) is 4.95. The van der Waals surface area contributed by atoms with Crippen molar-refractivity contribution in [2.45, 2.75) is 37.1 Å². The summed E-state index contributed by atoms with van der Waals surface area (Å²) in [5.41, 5.74) is -0.0952. The molecule has 0 saturated heterocycles. The first-order valence-corrected chi connectivity index (χ1v) is 8.65. The van der Waals surface area contributed by atoms with E-state index < -0.39 is 17.4 Å². The molecule has 1 aromatic carbocycles. The zero-order chi connectivity index (χ0) is 18.6. The Bertz CT molecular complexity index is 793. The molecule has 1 aliphatic carbocycles. The zero-order valence-corrected chi connectivity index (χ0v) is 14.6. The van der Waals surface area contributed by atoms with Gasteiger partial charge in [-0.05, 0) is 55.4 Å². The van der Waals surface area contributed by atoms with Crippen molar-refractivity contribution in [3.05, 3.63) is 59.9 Å². The number of pyridine rings is 1. The number of nitrogens with one attached hydrogen (secondary N) is 1. The molecule has 1 saturated carbocycles. The number of aromatic nitrogens is 1. The molecule has 6 nitrogen and oxygen atoms in total. The fourth-order valence-electron chi connectivity index (χ4n) is 3.70. The highest BCUT2D eigenvalue weighted by molar-refractivity contribution is 5.96. The molecule has 26 heavy (non-hydrogen) atoms. The Balaban J connectivity index is 1.89. The maximum absolute atomic E-state index is 12.6. The number of methoxy groups -OCH3 is 1. The summed E-state index contributed by atoms with van der Waals surface area (Å²) in [5, 5.41) is 13.0. The molecule has 2 N–H and O–H groups in total. The van der Waals surface area contributed by atoms with Crippen LogP contribution in [0.15, 0.2) is 48.7 Å². The molecule has 1 amide bonds. The van der Waals surface area contributed by atoms with Crippen molar-refractivity contribution in [2.75, 3.05) is 7.11 Å². The first-order chi connectivity index (χ1) is 12.6. The molecule has 3 rings (SSSR count). The number of esters is 1. The molecule has 0 aliphatic heterocycles. The number of hydrogen-bond donors (Lipinski definition) is 2. The predicted molar refractivity (Wildman–Crippen MR) is 95.8 cm³/mol. The number of amides is 1. The lowest BCUT2D eigenvalue weighted by atomic mass is 9.72. The van der Waals surface area contributed by atoms with Gasteiger partial charge >= 0.3 is 5.97 Å². The van der Waals surface area contributed by atoms with Crippen LogP contribution in [0.25, 0.3) is 0 Å². The lowest BCUT2D eigenvalue weighted by molar-refractivity contribution is -0.150. The Hall–Kier alpha value is -2.89. The smallest absolute Gasteiger partial charge is 0.331 e. The number of para-hydroxylation sites is 1. The van der Waals surface area contributed by atoms with E-state index in [1.165, 1.54) is 13.3 Å². The minimum absolute atomic E-state index is 0.0481. The SMILES string of the molecule is COC(=O)[C@]1(NC(=O)c2ccccn2)CCC[C@H](c2ccccc2O)C1. The molecule has 1 fully saturated rings. The Morgan fingerprint density at radius 3 is 2.69 bits per heavy atom. The van der Waals surface area contributed by atoms with Crippen LogP contribution in [-0.2, 0) is 9.53 Å². The highest BCUT2D eigenvalue weighted by atomic mass is 16.5. The van der Waals surface area contributed by atoms with Gasteiger partial charge in [0, 0.05) is 6.20 Å². The first kappa shape index (κ1) is 17.9. The molecule has 2 atom stereocenters. The van der Waals surface area contributed by atoms with E-state index in [1.54, 1.807) is 30.3 Å². The van der Waals surface area contributed by atoms with Crippen LogP contribution in [0.4, 0.5) is 0 Å². The summed E-state index contributed by atoms with van der Waals surface area (Å²) in [5.74, 6) is -0.724. The third kappa shape index (κ3) is 3.54. The van der Waals surface area contributed by atoms with E-state index in [2.05, 4.69) is 10.3 Å². The summed E-state index contributed by atoms with van der Waals surface area (Å²) in [4.78, 5) is 29.3. The quantitative estimate of drug-likeness (QED) is 0.824. The van der Waals surface area contributed by atoms with Gasteiger partial charge in [-0.3, -0.25) is 9.78 Å². The van der Waals surface area contributed by atoms with E-state index in [0.29, 0.717) is 12.8 Å². The van der Waals surface area contributed by atoms with Gasteiger partial charge in [0.15, 0.2) is 0 Å². The number of hydrogen-bond acceptors (Lipinski definition) is 5. The van der Waals surface area contributed by atoms with Crippen molar-refractivity contribution < 1.29 is 19.4 Å².